The van der Waals surface area contributed by atoms with Crippen LogP contribution in [-0.4, -0.2) is 49.7 Å². The minimum absolute atomic E-state index is 0.00706. The number of non-ortho nitro benzene ring substituents is 1. The van der Waals surface area contributed by atoms with Gasteiger partial charge >= 0.3 is 0 Å². The normalized spacial score (nSPS) is 15.8. The van der Waals surface area contributed by atoms with Crippen molar-refractivity contribution in [3.63, 3.8) is 0 Å². The van der Waals surface area contributed by atoms with Crippen LogP contribution < -0.4 is 0 Å². The van der Waals surface area contributed by atoms with Crippen molar-refractivity contribution in [3.05, 3.63) is 64.0 Å². The zero-order valence-electron chi connectivity index (χ0n) is 16.4. The topological polar surface area (TPSA) is 88.7 Å². The number of carbonyl (C=O) groups excluding carboxylic acids is 2. The van der Waals surface area contributed by atoms with E-state index in [0.717, 1.165) is 31.4 Å². The molecule has 2 aliphatic carbocycles. The fourth-order valence-corrected chi connectivity index (χ4v) is 3.55. The molecule has 0 saturated heterocycles. The van der Waals surface area contributed by atoms with Gasteiger partial charge < -0.3 is 14.4 Å². The summed E-state index contributed by atoms with van der Waals surface area (Å²) in [7, 11) is 1.95. The molecule has 152 valence electrons. The molecule has 1 heterocycles. The standard InChI is InChI=1S/C21H24N4O4/c1-22-11-3-6-19(22)13-23(16-7-8-16)20(26)14-24(17-9-10-17)21(27)15-4-2-5-18(12-15)25(28)29/h2-6,11-12,16-17H,7-10,13-14H2,1H3. The molecule has 29 heavy (non-hydrogen) atoms. The van der Waals surface area contributed by atoms with E-state index in [1.165, 1.54) is 18.2 Å². The second-order valence-electron chi connectivity index (χ2n) is 7.83. The van der Waals surface area contributed by atoms with Gasteiger partial charge in [0.05, 0.1) is 11.5 Å². The van der Waals surface area contributed by atoms with Gasteiger partial charge in [0, 0.05) is 48.7 Å². The van der Waals surface area contributed by atoms with Crippen LogP contribution in [-0.2, 0) is 18.4 Å². The molecule has 2 aliphatic rings. The fraction of sp³-hybridized carbons (Fsp3) is 0.429. The van der Waals surface area contributed by atoms with Crippen molar-refractivity contribution in [2.24, 2.45) is 7.05 Å². The van der Waals surface area contributed by atoms with Crippen LogP contribution in [0, 0.1) is 10.1 Å². The summed E-state index contributed by atoms with van der Waals surface area (Å²) in [5, 5.41) is 11.0. The number of hydrogen-bond donors (Lipinski definition) is 0. The summed E-state index contributed by atoms with van der Waals surface area (Å²) in [6.07, 6.45) is 5.63. The van der Waals surface area contributed by atoms with Gasteiger partial charge in [-0.25, -0.2) is 0 Å². The third-order valence-corrected chi connectivity index (χ3v) is 5.55. The number of carbonyl (C=O) groups is 2. The van der Waals surface area contributed by atoms with Crippen molar-refractivity contribution in [3.8, 4) is 0 Å². The second-order valence-corrected chi connectivity index (χ2v) is 7.83. The molecule has 0 bridgehead atoms. The maximum Gasteiger partial charge on any atom is 0.270 e. The Labute approximate surface area is 168 Å². The van der Waals surface area contributed by atoms with E-state index >= 15 is 0 Å². The Morgan fingerprint density at radius 3 is 2.38 bits per heavy atom. The Morgan fingerprint density at radius 2 is 1.79 bits per heavy atom. The van der Waals surface area contributed by atoms with E-state index in [9.17, 15) is 19.7 Å². The lowest BCUT2D eigenvalue weighted by molar-refractivity contribution is -0.384. The number of nitrogens with zero attached hydrogens (tertiary/aromatic N) is 4. The first-order valence-corrected chi connectivity index (χ1v) is 9.89. The molecule has 2 aromatic rings. The summed E-state index contributed by atoms with van der Waals surface area (Å²) in [4.78, 5) is 40.1. The fourth-order valence-electron chi connectivity index (χ4n) is 3.55. The lowest BCUT2D eigenvalue weighted by Crippen LogP contribution is -2.44. The number of hydrogen-bond acceptors (Lipinski definition) is 4. The van der Waals surface area contributed by atoms with Crippen LogP contribution in [0.4, 0.5) is 5.69 Å². The van der Waals surface area contributed by atoms with Crippen LogP contribution >= 0.6 is 0 Å². The van der Waals surface area contributed by atoms with Gasteiger partial charge in [0.2, 0.25) is 5.91 Å². The summed E-state index contributed by atoms with van der Waals surface area (Å²) >= 11 is 0. The second kappa shape index (κ2) is 7.69. The molecule has 2 saturated carbocycles. The molecule has 0 aliphatic heterocycles. The van der Waals surface area contributed by atoms with E-state index in [-0.39, 0.29) is 41.7 Å². The molecule has 2 amide bonds. The number of rotatable bonds is 8. The first-order chi connectivity index (χ1) is 13.9. The predicted molar refractivity (Wildman–Crippen MR) is 106 cm³/mol. The van der Waals surface area contributed by atoms with Crippen molar-refractivity contribution in [2.45, 2.75) is 44.3 Å². The monoisotopic (exact) mass is 396 g/mol. The molecule has 0 unspecified atom stereocenters. The highest BCUT2D eigenvalue weighted by Gasteiger charge is 2.38. The zero-order valence-corrected chi connectivity index (χ0v) is 16.4. The smallest absolute Gasteiger partial charge is 0.270 e. The van der Waals surface area contributed by atoms with Gasteiger partial charge in [0.25, 0.3) is 11.6 Å². The molecule has 0 radical (unpaired) electrons. The summed E-state index contributed by atoms with van der Waals surface area (Å²) in [6.45, 7) is 0.531. The SMILES string of the molecule is Cn1cccc1CN(C(=O)CN(C(=O)c1cccc([N+](=O)[O-])c1)C1CC1)C1CC1. The molecule has 0 atom stereocenters. The largest absolute Gasteiger partial charge is 0.353 e. The highest BCUT2D eigenvalue weighted by atomic mass is 16.6. The highest BCUT2D eigenvalue weighted by Crippen LogP contribution is 2.31. The van der Waals surface area contributed by atoms with Crippen molar-refractivity contribution >= 4 is 17.5 Å². The lowest BCUT2D eigenvalue weighted by atomic mass is 10.1. The molecule has 4 rings (SSSR count). The van der Waals surface area contributed by atoms with Gasteiger partial charge in [-0.05, 0) is 43.9 Å². The van der Waals surface area contributed by atoms with Crippen LogP contribution in [0.15, 0.2) is 42.6 Å². The molecular weight excluding hydrogens is 372 g/mol. The molecule has 1 aromatic carbocycles. The number of aromatic nitrogens is 1. The maximum absolute atomic E-state index is 13.1. The maximum atomic E-state index is 13.1. The molecule has 0 N–H and O–H groups in total. The lowest BCUT2D eigenvalue weighted by Gasteiger charge is -2.28. The quantitative estimate of drug-likeness (QED) is 0.507. The van der Waals surface area contributed by atoms with E-state index in [1.54, 1.807) is 11.0 Å². The third kappa shape index (κ3) is 4.31. The minimum Gasteiger partial charge on any atom is -0.353 e. The minimum atomic E-state index is -0.516. The van der Waals surface area contributed by atoms with Crippen molar-refractivity contribution in [1.29, 1.82) is 0 Å². The van der Waals surface area contributed by atoms with E-state index < -0.39 is 4.92 Å². The number of nitro groups is 1. The summed E-state index contributed by atoms with van der Waals surface area (Å²) in [5.74, 6) is -0.390. The number of nitro benzene ring substituents is 1. The van der Waals surface area contributed by atoms with Crippen LogP contribution in [0.2, 0.25) is 0 Å². The third-order valence-electron chi connectivity index (χ3n) is 5.55. The summed E-state index contributed by atoms with van der Waals surface area (Å²) in [6, 6.07) is 9.92. The van der Waals surface area contributed by atoms with Gasteiger partial charge in [-0.15, -0.1) is 0 Å². The molecule has 2 fully saturated rings. The number of aryl methyl sites for hydroxylation is 1. The van der Waals surface area contributed by atoms with Gasteiger partial charge in [0.1, 0.15) is 6.54 Å². The van der Waals surface area contributed by atoms with Crippen LogP contribution in [0.1, 0.15) is 41.7 Å². The van der Waals surface area contributed by atoms with Gasteiger partial charge in [-0.3, -0.25) is 19.7 Å². The van der Waals surface area contributed by atoms with E-state index in [0.29, 0.717) is 6.54 Å². The predicted octanol–water partition coefficient (Wildman–Crippen LogP) is 2.73. The highest BCUT2D eigenvalue weighted by molar-refractivity contribution is 5.97. The molecular formula is C21H24N4O4. The Morgan fingerprint density at radius 1 is 1.10 bits per heavy atom. The van der Waals surface area contributed by atoms with E-state index in [4.69, 9.17) is 0 Å². The van der Waals surface area contributed by atoms with Crippen LogP contribution in [0.25, 0.3) is 0 Å². The molecule has 0 spiro atoms. The number of amides is 2. The Kier molecular flexibility index (Phi) is 5.08. The van der Waals surface area contributed by atoms with Gasteiger partial charge in [-0.1, -0.05) is 6.07 Å². The molecule has 8 heteroatoms. The average molecular weight is 396 g/mol. The first-order valence-electron chi connectivity index (χ1n) is 9.89. The van der Waals surface area contributed by atoms with Crippen molar-refractivity contribution in [1.82, 2.24) is 14.4 Å². The summed E-state index contributed by atoms with van der Waals surface area (Å²) in [5.41, 5.74) is 1.17. The molecule has 8 nitrogen and oxygen atoms in total. The Hall–Kier alpha value is -3.16. The Balaban J connectivity index is 1.51. The van der Waals surface area contributed by atoms with E-state index in [2.05, 4.69) is 0 Å². The van der Waals surface area contributed by atoms with Gasteiger partial charge in [-0.2, -0.15) is 0 Å². The Bertz CT molecular complexity index is 946. The van der Waals surface area contributed by atoms with Crippen LogP contribution in [0.3, 0.4) is 0 Å². The van der Waals surface area contributed by atoms with Crippen LogP contribution in [0.5, 0.6) is 0 Å². The number of benzene rings is 1. The first kappa shape index (κ1) is 19.2. The zero-order chi connectivity index (χ0) is 20.5. The molecule has 1 aromatic heterocycles. The summed E-state index contributed by atoms with van der Waals surface area (Å²) < 4.78 is 2.00. The van der Waals surface area contributed by atoms with Crippen molar-refractivity contribution < 1.29 is 14.5 Å². The average Bonchev–Trinajstić information content (AvgIpc) is 3.63. The van der Waals surface area contributed by atoms with E-state index in [1.807, 2.05) is 34.8 Å². The van der Waals surface area contributed by atoms with Crippen molar-refractivity contribution in [2.75, 3.05) is 6.54 Å². The van der Waals surface area contributed by atoms with Gasteiger partial charge in [0.15, 0.2) is 0 Å².